The van der Waals surface area contributed by atoms with Gasteiger partial charge in [-0.3, -0.25) is 5.43 Å². The molecule has 0 radical (unpaired) electrons. The summed E-state index contributed by atoms with van der Waals surface area (Å²) < 4.78 is 15.4. The summed E-state index contributed by atoms with van der Waals surface area (Å²) in [4.78, 5) is 0. The summed E-state index contributed by atoms with van der Waals surface area (Å²) in [5.41, 5.74) is 3.57. The number of hydrogen-bond donors (Lipinski definition) is 2. The Balaban J connectivity index is 2.58. The van der Waals surface area contributed by atoms with Crippen LogP contribution in [0.3, 0.4) is 0 Å². The highest BCUT2D eigenvalue weighted by molar-refractivity contribution is 7.80. The average molecular weight is 311 g/mol. The summed E-state index contributed by atoms with van der Waals surface area (Å²) in [5, 5.41) is 7.56. The number of rotatable bonds is 7. The second kappa shape index (κ2) is 9.15. The van der Waals surface area contributed by atoms with E-state index >= 15 is 0 Å². The van der Waals surface area contributed by atoms with Crippen molar-refractivity contribution in [2.75, 3.05) is 27.9 Å². The largest absolute Gasteiger partial charge is 0.497 e. The molecule has 0 amide bonds. The van der Waals surface area contributed by atoms with Crippen LogP contribution < -0.4 is 20.2 Å². The van der Waals surface area contributed by atoms with Crippen LogP contribution in [0.5, 0.6) is 11.5 Å². The van der Waals surface area contributed by atoms with Crippen LogP contribution in [0.15, 0.2) is 23.3 Å². The summed E-state index contributed by atoms with van der Waals surface area (Å²) in [6.07, 6.45) is 1.63. The average Bonchev–Trinajstić information content (AvgIpc) is 2.47. The molecule has 1 atom stereocenters. The molecule has 0 aromatic heterocycles. The molecule has 116 valence electrons. The van der Waals surface area contributed by atoms with Crippen molar-refractivity contribution < 1.29 is 14.2 Å². The van der Waals surface area contributed by atoms with Gasteiger partial charge in [0.1, 0.15) is 11.5 Å². The number of hydrogen-bond acceptors (Lipinski definition) is 5. The Hall–Kier alpha value is -1.86. The van der Waals surface area contributed by atoms with Crippen molar-refractivity contribution in [2.24, 2.45) is 5.10 Å². The van der Waals surface area contributed by atoms with Gasteiger partial charge in [-0.2, -0.15) is 5.10 Å². The van der Waals surface area contributed by atoms with Crippen LogP contribution in [0.4, 0.5) is 0 Å². The third-order valence-corrected chi connectivity index (χ3v) is 2.81. The Morgan fingerprint density at radius 3 is 2.71 bits per heavy atom. The summed E-state index contributed by atoms with van der Waals surface area (Å²) in [7, 11) is 4.84. The van der Waals surface area contributed by atoms with Crippen LogP contribution in [0.1, 0.15) is 12.5 Å². The van der Waals surface area contributed by atoms with Crippen molar-refractivity contribution in [3.05, 3.63) is 23.8 Å². The Morgan fingerprint density at radius 1 is 1.33 bits per heavy atom. The lowest BCUT2D eigenvalue weighted by Crippen LogP contribution is -2.40. The van der Waals surface area contributed by atoms with Gasteiger partial charge in [-0.05, 0) is 31.3 Å². The van der Waals surface area contributed by atoms with E-state index in [9.17, 15) is 0 Å². The molecule has 0 fully saturated rings. The van der Waals surface area contributed by atoms with Crippen LogP contribution in [0.25, 0.3) is 0 Å². The van der Waals surface area contributed by atoms with Gasteiger partial charge in [-0.25, -0.2) is 0 Å². The Morgan fingerprint density at radius 2 is 2.10 bits per heavy atom. The van der Waals surface area contributed by atoms with Gasteiger partial charge in [0.15, 0.2) is 5.11 Å². The predicted octanol–water partition coefficient (Wildman–Crippen LogP) is 1.54. The Labute approximate surface area is 130 Å². The van der Waals surface area contributed by atoms with E-state index in [0.29, 0.717) is 17.5 Å². The highest BCUT2D eigenvalue weighted by Gasteiger charge is 2.04. The number of nitrogens with zero attached hydrogens (tertiary/aromatic N) is 1. The van der Waals surface area contributed by atoms with Gasteiger partial charge >= 0.3 is 0 Å². The minimum atomic E-state index is 0.112. The van der Waals surface area contributed by atoms with Crippen LogP contribution in [-0.4, -0.2) is 45.3 Å². The molecule has 0 saturated carbocycles. The van der Waals surface area contributed by atoms with Gasteiger partial charge < -0.3 is 19.5 Å². The van der Waals surface area contributed by atoms with E-state index in [-0.39, 0.29) is 6.04 Å². The van der Waals surface area contributed by atoms with Crippen molar-refractivity contribution in [1.29, 1.82) is 0 Å². The summed E-state index contributed by atoms with van der Waals surface area (Å²) in [5.74, 6) is 1.40. The molecule has 0 unspecified atom stereocenters. The molecule has 0 aliphatic rings. The Kier molecular flexibility index (Phi) is 7.49. The topological polar surface area (TPSA) is 64.1 Å². The monoisotopic (exact) mass is 311 g/mol. The zero-order valence-electron chi connectivity index (χ0n) is 12.7. The van der Waals surface area contributed by atoms with Gasteiger partial charge in [0.2, 0.25) is 0 Å². The van der Waals surface area contributed by atoms with Gasteiger partial charge in [0.25, 0.3) is 0 Å². The third kappa shape index (κ3) is 5.97. The normalized spacial score (nSPS) is 12.0. The lowest BCUT2D eigenvalue weighted by Gasteiger charge is -2.13. The number of ether oxygens (including phenoxy) is 3. The van der Waals surface area contributed by atoms with Gasteiger partial charge in [-0.1, -0.05) is 0 Å². The quantitative estimate of drug-likeness (QED) is 0.452. The molecule has 1 rings (SSSR count). The molecule has 0 aliphatic heterocycles. The molecule has 0 aliphatic carbocycles. The maximum atomic E-state index is 5.28. The van der Waals surface area contributed by atoms with E-state index in [1.807, 2.05) is 19.1 Å². The second-order valence-electron chi connectivity index (χ2n) is 4.31. The van der Waals surface area contributed by atoms with Crippen LogP contribution in [-0.2, 0) is 4.74 Å². The smallest absolute Gasteiger partial charge is 0.187 e. The molecule has 1 aromatic carbocycles. The molecule has 0 spiro atoms. The lowest BCUT2D eigenvalue weighted by atomic mass is 10.2. The summed E-state index contributed by atoms with van der Waals surface area (Å²) >= 11 is 5.12. The first kappa shape index (κ1) is 17.2. The van der Waals surface area contributed by atoms with E-state index in [2.05, 4.69) is 15.8 Å². The van der Waals surface area contributed by atoms with Crippen LogP contribution >= 0.6 is 12.2 Å². The van der Waals surface area contributed by atoms with E-state index in [0.717, 1.165) is 11.3 Å². The molecular formula is C14H21N3O3S. The fourth-order valence-corrected chi connectivity index (χ4v) is 1.89. The second-order valence-corrected chi connectivity index (χ2v) is 4.72. The third-order valence-electron chi connectivity index (χ3n) is 2.60. The van der Waals surface area contributed by atoms with Crippen LogP contribution in [0, 0.1) is 0 Å². The number of nitrogens with one attached hydrogen (secondary N) is 2. The molecular weight excluding hydrogens is 290 g/mol. The number of methoxy groups -OCH3 is 3. The highest BCUT2D eigenvalue weighted by atomic mass is 32.1. The minimum absolute atomic E-state index is 0.112. The zero-order chi connectivity index (χ0) is 15.7. The molecule has 1 aromatic rings. The van der Waals surface area contributed by atoms with Gasteiger partial charge in [-0.15, -0.1) is 0 Å². The maximum Gasteiger partial charge on any atom is 0.187 e. The predicted molar refractivity (Wildman–Crippen MR) is 87.3 cm³/mol. The molecule has 0 heterocycles. The first-order valence-corrected chi connectivity index (χ1v) is 6.82. The van der Waals surface area contributed by atoms with Crippen molar-refractivity contribution in [3.63, 3.8) is 0 Å². The summed E-state index contributed by atoms with van der Waals surface area (Å²) in [6, 6.07) is 5.59. The molecule has 0 saturated heterocycles. The van der Waals surface area contributed by atoms with Crippen LogP contribution in [0.2, 0.25) is 0 Å². The van der Waals surface area contributed by atoms with Crippen molar-refractivity contribution in [2.45, 2.75) is 13.0 Å². The maximum absolute atomic E-state index is 5.28. The van der Waals surface area contributed by atoms with Crippen molar-refractivity contribution >= 4 is 23.5 Å². The fraction of sp³-hybridized carbons (Fsp3) is 0.429. The summed E-state index contributed by atoms with van der Waals surface area (Å²) in [6.45, 7) is 2.53. The SMILES string of the molecule is COC[C@@H](C)NC(=S)N/N=C\c1ccc(OC)cc1OC. The fourth-order valence-electron chi connectivity index (χ4n) is 1.63. The number of benzene rings is 1. The van der Waals surface area contributed by atoms with E-state index in [1.165, 1.54) is 0 Å². The van der Waals surface area contributed by atoms with E-state index in [1.54, 1.807) is 33.6 Å². The van der Waals surface area contributed by atoms with E-state index in [4.69, 9.17) is 26.4 Å². The van der Waals surface area contributed by atoms with Gasteiger partial charge in [0, 0.05) is 24.8 Å². The molecule has 0 bridgehead atoms. The Bertz CT molecular complexity index is 494. The number of thiocarbonyl (C=S) groups is 1. The minimum Gasteiger partial charge on any atom is -0.497 e. The molecule has 2 N–H and O–H groups in total. The van der Waals surface area contributed by atoms with Gasteiger partial charge in [0.05, 0.1) is 27.0 Å². The first-order valence-electron chi connectivity index (χ1n) is 6.41. The highest BCUT2D eigenvalue weighted by Crippen LogP contribution is 2.22. The standard InChI is InChI=1S/C14H21N3O3S/c1-10(9-18-2)16-14(21)17-15-8-11-5-6-12(19-3)7-13(11)20-4/h5-8,10H,9H2,1-4H3,(H2,16,17,21)/b15-8-/t10-/m1/s1. The zero-order valence-corrected chi connectivity index (χ0v) is 13.5. The lowest BCUT2D eigenvalue weighted by molar-refractivity contribution is 0.179. The van der Waals surface area contributed by atoms with Crippen molar-refractivity contribution in [1.82, 2.24) is 10.7 Å². The molecule has 7 heteroatoms. The first-order chi connectivity index (χ1) is 10.1. The molecule has 21 heavy (non-hydrogen) atoms. The number of hydrazone groups is 1. The van der Waals surface area contributed by atoms with Crippen molar-refractivity contribution in [3.8, 4) is 11.5 Å². The molecule has 6 nitrogen and oxygen atoms in total. The van der Waals surface area contributed by atoms with E-state index < -0.39 is 0 Å².